The molecule has 13 nitrogen and oxygen atoms in total. The summed E-state index contributed by atoms with van der Waals surface area (Å²) in [6.45, 7) is 11.6. The van der Waals surface area contributed by atoms with Crippen LogP contribution in [0.15, 0.2) is 67.0 Å². The number of nitrogens with one attached hydrogen (secondary N) is 2. The van der Waals surface area contributed by atoms with Gasteiger partial charge >= 0.3 is 0 Å². The molecule has 50 heavy (non-hydrogen) atoms. The van der Waals surface area contributed by atoms with Crippen LogP contribution in [0.5, 0.6) is 0 Å². The SMILES string of the molecule is [C-]#[N+]c1ccc(NC(=O)C(C)(C)n2cc(C(=O)N3CC(C#Cc4ccc5c(c4)C(=O)N(C4CCC(=O)NC4=O)C5=O)C3)cn2)c2ccccc12. The number of nitrogens with zero attached hydrogens (tertiary/aromatic N) is 5. The van der Waals surface area contributed by atoms with Crippen LogP contribution in [0.25, 0.3) is 15.6 Å². The van der Waals surface area contributed by atoms with Crippen molar-refractivity contribution in [2.45, 2.75) is 38.3 Å². The van der Waals surface area contributed by atoms with Crippen molar-refractivity contribution in [1.29, 1.82) is 0 Å². The van der Waals surface area contributed by atoms with E-state index < -0.39 is 35.2 Å². The molecule has 4 heterocycles. The van der Waals surface area contributed by atoms with Gasteiger partial charge in [0.1, 0.15) is 11.6 Å². The Morgan fingerprint density at radius 1 is 1.00 bits per heavy atom. The van der Waals surface area contributed by atoms with E-state index >= 15 is 0 Å². The number of imide groups is 2. The van der Waals surface area contributed by atoms with E-state index in [1.165, 1.54) is 23.0 Å². The van der Waals surface area contributed by atoms with Crippen molar-refractivity contribution in [3.05, 3.63) is 101 Å². The second kappa shape index (κ2) is 12.1. The fourth-order valence-electron chi connectivity index (χ4n) is 6.26. The lowest BCUT2D eigenvalue weighted by Crippen LogP contribution is -2.54. The Morgan fingerprint density at radius 3 is 2.48 bits per heavy atom. The predicted octanol–water partition coefficient (Wildman–Crippen LogP) is 3.49. The lowest BCUT2D eigenvalue weighted by molar-refractivity contribution is -0.136. The molecular formula is C37H29N7O6. The number of carbonyl (C=O) groups is 6. The fourth-order valence-corrected chi connectivity index (χ4v) is 6.26. The van der Waals surface area contributed by atoms with Crippen molar-refractivity contribution in [2.24, 2.45) is 5.92 Å². The average Bonchev–Trinajstić information content (AvgIpc) is 3.68. The number of carbonyl (C=O) groups excluding carboxylic acids is 6. The largest absolute Gasteiger partial charge is 0.336 e. The molecule has 2 saturated heterocycles. The molecule has 6 amide bonds. The second-order valence-corrected chi connectivity index (χ2v) is 12.9. The van der Waals surface area contributed by atoms with Gasteiger partial charge in [-0.2, -0.15) is 5.10 Å². The van der Waals surface area contributed by atoms with Crippen molar-refractivity contribution >= 4 is 57.6 Å². The van der Waals surface area contributed by atoms with Gasteiger partial charge in [-0.15, -0.1) is 0 Å². The van der Waals surface area contributed by atoms with Gasteiger partial charge in [0.15, 0.2) is 5.69 Å². The molecule has 13 heteroatoms. The monoisotopic (exact) mass is 667 g/mol. The lowest BCUT2D eigenvalue weighted by Gasteiger charge is -2.36. The summed E-state index contributed by atoms with van der Waals surface area (Å²) in [4.78, 5) is 82.7. The summed E-state index contributed by atoms with van der Waals surface area (Å²) in [5.41, 5.74) is 1.07. The number of anilines is 1. The summed E-state index contributed by atoms with van der Waals surface area (Å²) in [6, 6.07) is 14.3. The third kappa shape index (κ3) is 5.44. The predicted molar refractivity (Wildman–Crippen MR) is 180 cm³/mol. The Kier molecular flexibility index (Phi) is 7.76. The first kappa shape index (κ1) is 32.0. The van der Waals surface area contributed by atoms with Crippen LogP contribution in [0.2, 0.25) is 0 Å². The van der Waals surface area contributed by atoms with E-state index in [2.05, 4.69) is 32.4 Å². The first-order valence-corrected chi connectivity index (χ1v) is 15.9. The van der Waals surface area contributed by atoms with E-state index in [1.54, 1.807) is 43.1 Å². The van der Waals surface area contributed by atoms with E-state index in [0.717, 1.165) is 15.7 Å². The van der Waals surface area contributed by atoms with E-state index in [1.807, 2.05) is 24.3 Å². The van der Waals surface area contributed by atoms with Crippen LogP contribution < -0.4 is 10.6 Å². The van der Waals surface area contributed by atoms with E-state index in [9.17, 15) is 28.8 Å². The van der Waals surface area contributed by atoms with Gasteiger partial charge in [-0.25, -0.2) is 4.85 Å². The third-order valence-corrected chi connectivity index (χ3v) is 9.26. The Bertz CT molecular complexity index is 2280. The van der Waals surface area contributed by atoms with E-state index in [0.29, 0.717) is 35.6 Å². The first-order chi connectivity index (χ1) is 24.0. The molecule has 2 fully saturated rings. The molecule has 2 N–H and O–H groups in total. The molecule has 1 aromatic heterocycles. The Balaban J connectivity index is 0.976. The van der Waals surface area contributed by atoms with Gasteiger partial charge in [0.25, 0.3) is 23.6 Å². The highest BCUT2D eigenvalue weighted by Crippen LogP contribution is 2.33. The maximum absolute atomic E-state index is 13.4. The van der Waals surface area contributed by atoms with Crippen LogP contribution >= 0.6 is 0 Å². The minimum Gasteiger partial charge on any atom is -0.336 e. The summed E-state index contributed by atoms with van der Waals surface area (Å²) in [7, 11) is 0. The quantitative estimate of drug-likeness (QED) is 0.188. The van der Waals surface area contributed by atoms with Crippen molar-refractivity contribution in [2.75, 3.05) is 18.4 Å². The highest BCUT2D eigenvalue weighted by atomic mass is 16.2. The minimum atomic E-state index is -1.15. The van der Waals surface area contributed by atoms with E-state index in [4.69, 9.17) is 6.57 Å². The molecule has 3 aliphatic heterocycles. The Hall–Kier alpha value is -6.60. The fraction of sp³-hybridized carbons (Fsp3) is 0.243. The molecule has 3 aromatic carbocycles. The van der Waals surface area contributed by atoms with Crippen LogP contribution in [-0.2, 0) is 19.9 Å². The van der Waals surface area contributed by atoms with Crippen molar-refractivity contribution < 1.29 is 28.8 Å². The number of hydrogen-bond donors (Lipinski definition) is 2. The third-order valence-electron chi connectivity index (χ3n) is 9.26. The maximum Gasteiger partial charge on any atom is 0.262 e. The number of aromatic nitrogens is 2. The Labute approximate surface area is 286 Å². The number of likely N-dealkylation sites (tertiary alicyclic amines) is 1. The summed E-state index contributed by atoms with van der Waals surface area (Å²) in [6.07, 6.45) is 3.09. The molecule has 7 rings (SSSR count). The standard InChI is InChI=1S/C37H29N7O6/c1-37(2,36(50)40-29-13-12-28(38-3)24-6-4-5-7-25(24)29)43-20-23(17-39-43)33(47)42-18-22(19-42)9-8-21-10-11-26-27(16-21)35(49)44(34(26)48)30-14-15-31(45)41-32(30)46/h4-7,10-13,16-17,20,22,30H,14-15,18-19H2,1-2H3,(H,40,50)(H,41,45,46). The summed E-state index contributed by atoms with van der Waals surface area (Å²) in [5, 5.41) is 10.9. The van der Waals surface area contributed by atoms with Crippen molar-refractivity contribution in [3.8, 4) is 11.8 Å². The van der Waals surface area contributed by atoms with Gasteiger partial charge in [0.05, 0.1) is 35.4 Å². The highest BCUT2D eigenvalue weighted by Gasteiger charge is 2.44. The van der Waals surface area contributed by atoms with Gasteiger partial charge in [-0.3, -0.25) is 43.7 Å². The molecule has 4 aromatic rings. The van der Waals surface area contributed by atoms with Gasteiger partial charge < -0.3 is 10.2 Å². The molecule has 0 bridgehead atoms. The van der Waals surface area contributed by atoms with Crippen LogP contribution in [0, 0.1) is 24.3 Å². The van der Waals surface area contributed by atoms with Crippen LogP contribution in [0.4, 0.5) is 11.4 Å². The highest BCUT2D eigenvalue weighted by molar-refractivity contribution is 6.23. The van der Waals surface area contributed by atoms with Crippen LogP contribution in [0.3, 0.4) is 0 Å². The molecule has 248 valence electrons. The molecule has 1 unspecified atom stereocenters. The van der Waals surface area contributed by atoms with Gasteiger partial charge in [-0.05, 0) is 55.3 Å². The average molecular weight is 668 g/mol. The van der Waals surface area contributed by atoms with Crippen LogP contribution in [0.1, 0.15) is 63.3 Å². The Morgan fingerprint density at radius 2 is 1.74 bits per heavy atom. The number of fused-ring (bicyclic) bond motifs is 2. The van der Waals surface area contributed by atoms with Gasteiger partial charge in [-0.1, -0.05) is 42.2 Å². The molecule has 0 aliphatic carbocycles. The number of piperidine rings is 1. The number of rotatable bonds is 5. The van der Waals surface area contributed by atoms with Gasteiger partial charge in [0, 0.05) is 37.0 Å². The number of benzene rings is 3. The number of amides is 6. The smallest absolute Gasteiger partial charge is 0.262 e. The zero-order valence-corrected chi connectivity index (χ0v) is 27.0. The molecule has 3 aliphatic rings. The summed E-state index contributed by atoms with van der Waals surface area (Å²) in [5.74, 6) is 3.13. The minimum absolute atomic E-state index is 0.0401. The van der Waals surface area contributed by atoms with Crippen molar-refractivity contribution in [3.63, 3.8) is 0 Å². The zero-order chi connectivity index (χ0) is 35.3. The topological polar surface area (TPSA) is 155 Å². The molecule has 0 spiro atoms. The zero-order valence-electron chi connectivity index (χ0n) is 27.0. The second-order valence-electron chi connectivity index (χ2n) is 12.9. The molecule has 1 atom stereocenters. The number of hydrogen-bond acceptors (Lipinski definition) is 7. The molecule has 0 saturated carbocycles. The summed E-state index contributed by atoms with van der Waals surface area (Å²) < 4.78 is 1.45. The normalized spacial score (nSPS) is 17.4. The van der Waals surface area contributed by atoms with E-state index in [-0.39, 0.29) is 41.7 Å². The van der Waals surface area contributed by atoms with Crippen LogP contribution in [-0.4, -0.2) is 74.2 Å². The maximum atomic E-state index is 13.4. The molecular weight excluding hydrogens is 638 g/mol. The lowest BCUT2D eigenvalue weighted by atomic mass is 9.98. The van der Waals surface area contributed by atoms with Gasteiger partial charge in [0.2, 0.25) is 11.8 Å². The summed E-state index contributed by atoms with van der Waals surface area (Å²) >= 11 is 0. The first-order valence-electron chi connectivity index (χ1n) is 15.9. The molecule has 0 radical (unpaired) electrons. The van der Waals surface area contributed by atoms with Crippen molar-refractivity contribution in [1.82, 2.24) is 24.9 Å².